The van der Waals surface area contributed by atoms with Crippen LogP contribution in [-0.4, -0.2) is 63.8 Å². The largest absolute Gasteiger partial charge is 0.341 e. The summed E-state index contributed by atoms with van der Waals surface area (Å²) in [6, 6.07) is 6.37. The molecule has 0 atom stereocenters. The Labute approximate surface area is 200 Å². The highest BCUT2D eigenvalue weighted by Gasteiger charge is 2.26. The first-order valence-corrected chi connectivity index (χ1v) is 11.9. The van der Waals surface area contributed by atoms with Crippen molar-refractivity contribution in [1.82, 2.24) is 24.6 Å². The molecule has 4 heterocycles. The first kappa shape index (κ1) is 22.3. The molecule has 3 aromatic rings. The normalized spacial score (nSPS) is 16.4. The van der Waals surface area contributed by atoms with Gasteiger partial charge in [0.05, 0.1) is 17.6 Å². The summed E-state index contributed by atoms with van der Waals surface area (Å²) >= 11 is 0. The summed E-state index contributed by atoms with van der Waals surface area (Å²) < 4.78 is 1.95. The molecule has 2 N–H and O–H groups in total. The number of rotatable bonds is 5. The maximum Gasteiger partial charge on any atom is 0.261 e. The van der Waals surface area contributed by atoms with Gasteiger partial charge in [-0.05, 0) is 56.6 Å². The number of aromatic nitrogens is 4. The number of hydrogen-bond donors (Lipinski definition) is 2. The van der Waals surface area contributed by atoms with Crippen LogP contribution < -0.4 is 15.5 Å². The van der Waals surface area contributed by atoms with E-state index in [1.165, 1.54) is 0 Å². The zero-order chi connectivity index (χ0) is 23.8. The molecule has 9 nitrogen and oxygen atoms in total. The summed E-state index contributed by atoms with van der Waals surface area (Å²) in [6.45, 7) is 7.33. The average Bonchev–Trinajstić information content (AvgIpc) is 3.22. The number of benzene rings is 1. The van der Waals surface area contributed by atoms with Gasteiger partial charge in [0.2, 0.25) is 5.95 Å². The van der Waals surface area contributed by atoms with Crippen LogP contribution in [0.15, 0.2) is 36.8 Å². The topological polar surface area (TPSA) is 91.2 Å². The number of likely N-dealkylation sites (tertiary alicyclic amines) is 1. The van der Waals surface area contributed by atoms with E-state index < -0.39 is 0 Å². The molecule has 0 radical (unpaired) electrons. The van der Waals surface area contributed by atoms with Crippen LogP contribution in [0.4, 0.5) is 23.1 Å². The van der Waals surface area contributed by atoms with Gasteiger partial charge in [-0.1, -0.05) is 19.9 Å². The van der Waals surface area contributed by atoms with E-state index in [2.05, 4.69) is 51.4 Å². The predicted molar refractivity (Wildman–Crippen MR) is 135 cm³/mol. The number of piperidine rings is 1. The maximum atomic E-state index is 13.0. The Kier molecular flexibility index (Phi) is 5.95. The highest BCUT2D eigenvalue weighted by Crippen LogP contribution is 2.35. The molecule has 2 aromatic heterocycles. The van der Waals surface area contributed by atoms with E-state index in [-0.39, 0.29) is 5.91 Å². The number of nitrogens with one attached hydrogen (secondary N) is 2. The summed E-state index contributed by atoms with van der Waals surface area (Å²) in [5.74, 6) is 1.46. The molecule has 2 aliphatic rings. The number of amides is 1. The number of hydrogen-bond acceptors (Lipinski definition) is 7. The molecule has 0 bridgehead atoms. The van der Waals surface area contributed by atoms with Crippen molar-refractivity contribution < 1.29 is 4.79 Å². The van der Waals surface area contributed by atoms with Gasteiger partial charge in [-0.2, -0.15) is 10.1 Å². The molecule has 0 spiro atoms. The molecule has 0 saturated carbocycles. The first-order valence-electron chi connectivity index (χ1n) is 11.9. The highest BCUT2D eigenvalue weighted by atomic mass is 16.1. The number of nitrogens with zero attached hydrogens (tertiary/aromatic N) is 6. The summed E-state index contributed by atoms with van der Waals surface area (Å²) in [7, 11) is 4.19. The van der Waals surface area contributed by atoms with Crippen molar-refractivity contribution in [2.75, 3.05) is 42.7 Å². The van der Waals surface area contributed by atoms with Gasteiger partial charge in [0, 0.05) is 37.6 Å². The van der Waals surface area contributed by atoms with E-state index in [1.54, 1.807) is 6.20 Å². The van der Waals surface area contributed by atoms with Gasteiger partial charge in [0.25, 0.3) is 5.91 Å². The molecule has 5 rings (SSSR count). The van der Waals surface area contributed by atoms with Crippen molar-refractivity contribution in [3.8, 4) is 11.1 Å². The molecule has 1 fully saturated rings. The van der Waals surface area contributed by atoms with Crippen LogP contribution in [0.5, 0.6) is 0 Å². The fourth-order valence-corrected chi connectivity index (χ4v) is 4.59. The second-order valence-corrected chi connectivity index (χ2v) is 9.76. The van der Waals surface area contributed by atoms with E-state index in [4.69, 9.17) is 4.98 Å². The molecule has 178 valence electrons. The van der Waals surface area contributed by atoms with Crippen molar-refractivity contribution in [2.45, 2.75) is 39.3 Å². The Morgan fingerprint density at radius 1 is 1.12 bits per heavy atom. The second kappa shape index (κ2) is 9.06. The summed E-state index contributed by atoms with van der Waals surface area (Å²) in [6.07, 6.45) is 7.66. The Bertz CT molecular complexity index is 1200. The minimum atomic E-state index is -0.220. The smallest absolute Gasteiger partial charge is 0.261 e. The summed E-state index contributed by atoms with van der Waals surface area (Å²) in [4.78, 5) is 26.7. The molecule has 0 unspecified atom stereocenters. The Balaban J connectivity index is 1.40. The van der Waals surface area contributed by atoms with E-state index in [9.17, 15) is 4.79 Å². The SMILES string of the molecule is CC(C)Cn1cc(-c2ccc3c(c2)NC(=O)c2cnc(N(C)C4CCN(C)CC4)nc2N3)cn1. The van der Waals surface area contributed by atoms with Crippen molar-refractivity contribution in [3.05, 3.63) is 42.4 Å². The van der Waals surface area contributed by atoms with Crippen LogP contribution in [-0.2, 0) is 6.54 Å². The standard InChI is InChI=1S/C25H32N8O/c1-16(2)14-33-15-18(12-27-33)17-5-6-21-22(11-17)29-24(34)20-13-26-25(30-23(20)28-21)32(4)19-7-9-31(3)10-8-19/h5-6,11-13,15-16,19H,7-10,14H2,1-4H3,(H,29,34)(H,26,28,30). The molecular formula is C25H32N8O. The molecular weight excluding hydrogens is 428 g/mol. The molecule has 9 heteroatoms. The van der Waals surface area contributed by atoms with E-state index in [0.29, 0.717) is 35.0 Å². The lowest BCUT2D eigenvalue weighted by molar-refractivity contribution is 0.102. The quantitative estimate of drug-likeness (QED) is 0.598. The van der Waals surface area contributed by atoms with Gasteiger partial charge in [-0.3, -0.25) is 9.48 Å². The molecule has 1 saturated heterocycles. The lowest BCUT2D eigenvalue weighted by Crippen LogP contribution is -2.42. The van der Waals surface area contributed by atoms with Gasteiger partial charge >= 0.3 is 0 Å². The molecule has 34 heavy (non-hydrogen) atoms. The van der Waals surface area contributed by atoms with Gasteiger partial charge in [0.15, 0.2) is 0 Å². The molecule has 2 aliphatic heterocycles. The van der Waals surface area contributed by atoms with E-state index in [1.807, 2.05) is 42.3 Å². The van der Waals surface area contributed by atoms with Crippen LogP contribution in [0.1, 0.15) is 37.0 Å². The first-order chi connectivity index (χ1) is 16.4. The van der Waals surface area contributed by atoms with Crippen molar-refractivity contribution >= 4 is 29.0 Å². The highest BCUT2D eigenvalue weighted by molar-refractivity contribution is 6.11. The number of fused-ring (bicyclic) bond motifs is 2. The minimum Gasteiger partial charge on any atom is -0.341 e. The lowest BCUT2D eigenvalue weighted by atomic mass is 10.0. The van der Waals surface area contributed by atoms with Crippen molar-refractivity contribution in [3.63, 3.8) is 0 Å². The Morgan fingerprint density at radius 2 is 1.91 bits per heavy atom. The molecule has 1 aromatic carbocycles. The van der Waals surface area contributed by atoms with Crippen LogP contribution in [0.25, 0.3) is 11.1 Å². The minimum absolute atomic E-state index is 0.220. The Hall–Kier alpha value is -3.46. The van der Waals surface area contributed by atoms with Gasteiger partial charge in [-0.15, -0.1) is 0 Å². The molecule has 1 amide bonds. The third-order valence-corrected chi connectivity index (χ3v) is 6.61. The van der Waals surface area contributed by atoms with Crippen LogP contribution in [0.2, 0.25) is 0 Å². The average molecular weight is 461 g/mol. The van der Waals surface area contributed by atoms with Crippen molar-refractivity contribution in [2.24, 2.45) is 5.92 Å². The van der Waals surface area contributed by atoms with E-state index >= 15 is 0 Å². The van der Waals surface area contributed by atoms with Gasteiger partial charge in [0.1, 0.15) is 11.4 Å². The second-order valence-electron chi connectivity index (χ2n) is 9.76. The monoisotopic (exact) mass is 460 g/mol. The maximum absolute atomic E-state index is 13.0. The molecule has 0 aliphatic carbocycles. The van der Waals surface area contributed by atoms with E-state index in [0.717, 1.165) is 49.3 Å². The van der Waals surface area contributed by atoms with Crippen LogP contribution in [0.3, 0.4) is 0 Å². The van der Waals surface area contributed by atoms with Gasteiger partial charge < -0.3 is 20.4 Å². The zero-order valence-corrected chi connectivity index (χ0v) is 20.2. The zero-order valence-electron chi connectivity index (χ0n) is 20.2. The number of carbonyl (C=O) groups is 1. The fourth-order valence-electron chi connectivity index (χ4n) is 4.59. The van der Waals surface area contributed by atoms with Crippen LogP contribution in [0, 0.1) is 5.92 Å². The lowest BCUT2D eigenvalue weighted by Gasteiger charge is -2.35. The summed E-state index contributed by atoms with van der Waals surface area (Å²) in [5.41, 5.74) is 3.96. The summed E-state index contributed by atoms with van der Waals surface area (Å²) in [5, 5.41) is 10.8. The van der Waals surface area contributed by atoms with Gasteiger partial charge in [-0.25, -0.2) is 4.98 Å². The van der Waals surface area contributed by atoms with Crippen LogP contribution >= 0.6 is 0 Å². The third-order valence-electron chi connectivity index (χ3n) is 6.61. The number of carbonyl (C=O) groups excluding carboxylic acids is 1. The van der Waals surface area contributed by atoms with Crippen molar-refractivity contribution in [1.29, 1.82) is 0 Å². The predicted octanol–water partition coefficient (Wildman–Crippen LogP) is 3.84. The Morgan fingerprint density at radius 3 is 2.68 bits per heavy atom. The fraction of sp³-hybridized carbons (Fsp3) is 0.440. The number of anilines is 4. The third kappa shape index (κ3) is 4.48.